The molecule has 4 heteroatoms. The quantitative estimate of drug-likeness (QED) is 0.781. The summed E-state index contributed by atoms with van der Waals surface area (Å²) >= 11 is 0. The molecule has 4 nitrogen and oxygen atoms in total. The lowest BCUT2D eigenvalue weighted by Gasteiger charge is -2.35. The van der Waals surface area contributed by atoms with Crippen molar-refractivity contribution >= 4 is 6.09 Å². The van der Waals surface area contributed by atoms with Gasteiger partial charge in [0, 0.05) is 12.6 Å². The van der Waals surface area contributed by atoms with E-state index in [1.165, 1.54) is 12.8 Å². The fraction of sp³-hybridized carbons (Fsp3) is 0.929. The molecule has 2 heterocycles. The molecule has 0 aliphatic carbocycles. The van der Waals surface area contributed by atoms with Gasteiger partial charge in [0.25, 0.3) is 0 Å². The summed E-state index contributed by atoms with van der Waals surface area (Å²) in [6.45, 7) is 8.81. The molecule has 1 amide bonds. The maximum atomic E-state index is 12.2. The number of ether oxygens (including phenoxy) is 1. The number of hydrogen-bond donors (Lipinski definition) is 1. The monoisotopic (exact) mass is 254 g/mol. The number of amides is 1. The first-order valence-electron chi connectivity index (χ1n) is 7.18. The van der Waals surface area contributed by atoms with E-state index in [4.69, 9.17) is 4.74 Å². The number of rotatable bonds is 1. The van der Waals surface area contributed by atoms with Crippen LogP contribution < -0.4 is 5.32 Å². The summed E-state index contributed by atoms with van der Waals surface area (Å²) in [5.41, 5.74) is -0.394. The van der Waals surface area contributed by atoms with Crippen LogP contribution >= 0.6 is 0 Å². The third kappa shape index (κ3) is 3.37. The summed E-state index contributed by atoms with van der Waals surface area (Å²) in [5.74, 6) is 0.605. The standard InChI is InChI=1S/C14H26N2O2/c1-14(2,3)18-13(17)16-9-5-7-12(16)11-6-4-8-15-10-11/h11-12,15H,4-10H2,1-3H3/t11-,12+/m0/s1. The zero-order chi connectivity index (χ0) is 13.2. The van der Waals surface area contributed by atoms with Gasteiger partial charge in [-0.15, -0.1) is 0 Å². The van der Waals surface area contributed by atoms with Crippen molar-refractivity contribution in [2.45, 2.75) is 58.1 Å². The topological polar surface area (TPSA) is 41.6 Å². The van der Waals surface area contributed by atoms with Crippen molar-refractivity contribution in [3.63, 3.8) is 0 Å². The van der Waals surface area contributed by atoms with Gasteiger partial charge in [0.05, 0.1) is 0 Å². The van der Waals surface area contributed by atoms with Gasteiger partial charge in [-0.05, 0) is 65.5 Å². The molecule has 104 valence electrons. The Morgan fingerprint density at radius 1 is 1.28 bits per heavy atom. The van der Waals surface area contributed by atoms with Gasteiger partial charge in [-0.2, -0.15) is 0 Å². The van der Waals surface area contributed by atoms with Gasteiger partial charge in [-0.3, -0.25) is 0 Å². The van der Waals surface area contributed by atoms with Gasteiger partial charge in [0.2, 0.25) is 0 Å². The van der Waals surface area contributed by atoms with Gasteiger partial charge >= 0.3 is 6.09 Å². The Balaban J connectivity index is 1.96. The first-order chi connectivity index (χ1) is 8.47. The molecule has 0 aromatic heterocycles. The lowest BCUT2D eigenvalue weighted by Crippen LogP contribution is -2.47. The first-order valence-corrected chi connectivity index (χ1v) is 7.18. The van der Waals surface area contributed by atoms with Crippen molar-refractivity contribution < 1.29 is 9.53 Å². The van der Waals surface area contributed by atoms with Crippen LogP contribution in [0.25, 0.3) is 0 Å². The molecule has 0 radical (unpaired) electrons. The molecular weight excluding hydrogens is 228 g/mol. The Labute approximate surface area is 110 Å². The van der Waals surface area contributed by atoms with E-state index in [0.717, 1.165) is 32.5 Å². The van der Waals surface area contributed by atoms with E-state index in [2.05, 4.69) is 5.32 Å². The summed E-state index contributed by atoms with van der Waals surface area (Å²) in [5, 5.41) is 3.44. The predicted molar refractivity (Wildman–Crippen MR) is 71.6 cm³/mol. The van der Waals surface area contributed by atoms with Gasteiger partial charge in [-0.1, -0.05) is 0 Å². The molecule has 0 saturated carbocycles. The van der Waals surface area contributed by atoms with E-state index < -0.39 is 5.60 Å². The molecule has 2 aliphatic rings. The summed E-state index contributed by atoms with van der Waals surface area (Å²) < 4.78 is 5.51. The van der Waals surface area contributed by atoms with Gasteiger partial charge < -0.3 is 15.0 Å². The molecule has 2 saturated heterocycles. The van der Waals surface area contributed by atoms with Crippen LogP contribution in [-0.4, -0.2) is 42.3 Å². The smallest absolute Gasteiger partial charge is 0.410 e. The Morgan fingerprint density at radius 2 is 2.06 bits per heavy atom. The molecule has 0 spiro atoms. The second-order valence-electron chi connectivity index (χ2n) is 6.49. The van der Waals surface area contributed by atoms with E-state index in [1.807, 2.05) is 25.7 Å². The summed E-state index contributed by atoms with van der Waals surface area (Å²) in [4.78, 5) is 14.2. The second kappa shape index (κ2) is 5.47. The highest BCUT2D eigenvalue weighted by Crippen LogP contribution is 2.29. The summed E-state index contributed by atoms with van der Waals surface area (Å²) in [6, 6.07) is 0.382. The van der Waals surface area contributed by atoms with Crippen molar-refractivity contribution in [3.8, 4) is 0 Å². The molecule has 2 aliphatic heterocycles. The van der Waals surface area contributed by atoms with Crippen molar-refractivity contribution in [1.29, 1.82) is 0 Å². The average Bonchev–Trinajstić information content (AvgIpc) is 2.76. The zero-order valence-corrected chi connectivity index (χ0v) is 11.9. The van der Waals surface area contributed by atoms with E-state index in [9.17, 15) is 4.79 Å². The first kappa shape index (κ1) is 13.7. The van der Waals surface area contributed by atoms with Crippen molar-refractivity contribution in [2.75, 3.05) is 19.6 Å². The summed E-state index contributed by atoms with van der Waals surface area (Å²) in [7, 11) is 0. The number of hydrogen-bond acceptors (Lipinski definition) is 3. The Hall–Kier alpha value is -0.770. The van der Waals surface area contributed by atoms with Crippen LogP contribution in [0.1, 0.15) is 46.5 Å². The van der Waals surface area contributed by atoms with Gasteiger partial charge in [0.1, 0.15) is 5.60 Å². The Bertz CT molecular complexity index is 293. The Kier molecular flexibility index (Phi) is 4.15. The van der Waals surface area contributed by atoms with Crippen LogP contribution in [0.3, 0.4) is 0 Å². The van der Waals surface area contributed by atoms with Crippen LogP contribution in [0.2, 0.25) is 0 Å². The van der Waals surface area contributed by atoms with Crippen molar-refractivity contribution in [2.24, 2.45) is 5.92 Å². The normalized spacial score (nSPS) is 29.4. The minimum atomic E-state index is -0.394. The number of carbonyl (C=O) groups excluding carboxylic acids is 1. The highest BCUT2D eigenvalue weighted by Gasteiger charge is 2.37. The molecule has 1 N–H and O–H groups in total. The maximum absolute atomic E-state index is 12.2. The highest BCUT2D eigenvalue weighted by molar-refractivity contribution is 5.69. The number of nitrogens with zero attached hydrogens (tertiary/aromatic N) is 1. The van der Waals surface area contributed by atoms with E-state index >= 15 is 0 Å². The predicted octanol–water partition coefficient (Wildman–Crippen LogP) is 2.39. The highest BCUT2D eigenvalue weighted by atomic mass is 16.6. The zero-order valence-electron chi connectivity index (χ0n) is 11.9. The molecule has 0 aromatic rings. The van der Waals surface area contributed by atoms with Crippen LogP contribution in [-0.2, 0) is 4.74 Å². The van der Waals surface area contributed by atoms with Gasteiger partial charge in [0.15, 0.2) is 0 Å². The fourth-order valence-electron chi connectivity index (χ4n) is 3.04. The lowest BCUT2D eigenvalue weighted by atomic mass is 9.90. The molecule has 2 fully saturated rings. The number of piperidine rings is 1. The molecule has 0 bridgehead atoms. The van der Waals surface area contributed by atoms with Crippen LogP contribution in [0.4, 0.5) is 4.79 Å². The molecule has 0 aromatic carbocycles. The molecule has 18 heavy (non-hydrogen) atoms. The van der Waals surface area contributed by atoms with Crippen molar-refractivity contribution in [3.05, 3.63) is 0 Å². The molecular formula is C14H26N2O2. The number of carbonyl (C=O) groups is 1. The lowest BCUT2D eigenvalue weighted by molar-refractivity contribution is 0.0164. The third-order valence-corrected chi connectivity index (χ3v) is 3.81. The average molecular weight is 254 g/mol. The molecule has 2 atom stereocenters. The number of likely N-dealkylation sites (tertiary alicyclic amines) is 1. The molecule has 0 unspecified atom stereocenters. The van der Waals surface area contributed by atoms with E-state index in [0.29, 0.717) is 12.0 Å². The third-order valence-electron chi connectivity index (χ3n) is 3.81. The van der Waals surface area contributed by atoms with Crippen molar-refractivity contribution in [1.82, 2.24) is 10.2 Å². The van der Waals surface area contributed by atoms with Crippen LogP contribution in [0, 0.1) is 5.92 Å². The van der Waals surface area contributed by atoms with E-state index in [1.54, 1.807) is 0 Å². The fourth-order valence-corrected chi connectivity index (χ4v) is 3.04. The maximum Gasteiger partial charge on any atom is 0.410 e. The number of nitrogens with one attached hydrogen (secondary N) is 1. The van der Waals surface area contributed by atoms with Gasteiger partial charge in [-0.25, -0.2) is 4.79 Å². The molecule has 2 rings (SSSR count). The minimum absolute atomic E-state index is 0.129. The summed E-state index contributed by atoms with van der Waals surface area (Å²) in [6.07, 6.45) is 4.57. The SMILES string of the molecule is CC(C)(C)OC(=O)N1CCC[C@@H]1[C@H]1CCCNC1. The second-order valence-corrected chi connectivity index (χ2v) is 6.49. The largest absolute Gasteiger partial charge is 0.444 e. The minimum Gasteiger partial charge on any atom is -0.444 e. The van der Waals surface area contributed by atoms with E-state index in [-0.39, 0.29) is 6.09 Å². The van der Waals surface area contributed by atoms with Crippen LogP contribution in [0.5, 0.6) is 0 Å². The van der Waals surface area contributed by atoms with Crippen LogP contribution in [0.15, 0.2) is 0 Å². The Morgan fingerprint density at radius 3 is 2.67 bits per heavy atom.